The van der Waals surface area contributed by atoms with E-state index in [2.05, 4.69) is 6.92 Å². The fourth-order valence-electron chi connectivity index (χ4n) is 1.30. The molecule has 1 atom stereocenters. The van der Waals surface area contributed by atoms with Gasteiger partial charge in [0.05, 0.1) is 6.61 Å². The van der Waals surface area contributed by atoms with Crippen LogP contribution in [0.2, 0.25) is 0 Å². The van der Waals surface area contributed by atoms with Gasteiger partial charge in [0.1, 0.15) is 0 Å². The van der Waals surface area contributed by atoms with Crippen molar-refractivity contribution < 1.29 is 9.53 Å². The molecule has 0 spiro atoms. The van der Waals surface area contributed by atoms with E-state index >= 15 is 0 Å². The van der Waals surface area contributed by atoms with Gasteiger partial charge in [0.2, 0.25) is 0 Å². The maximum atomic E-state index is 10.9. The van der Waals surface area contributed by atoms with Crippen LogP contribution in [0.3, 0.4) is 0 Å². The molecule has 0 saturated carbocycles. The maximum absolute atomic E-state index is 10.9. The lowest BCUT2D eigenvalue weighted by atomic mass is 10.00. The first-order valence-corrected chi connectivity index (χ1v) is 4.09. The van der Waals surface area contributed by atoms with E-state index in [1.807, 2.05) is 13.0 Å². The van der Waals surface area contributed by atoms with Crippen molar-refractivity contribution in [1.82, 2.24) is 0 Å². The van der Waals surface area contributed by atoms with Crippen molar-refractivity contribution in [2.75, 3.05) is 6.61 Å². The third-order valence-electron chi connectivity index (χ3n) is 1.90. The normalized spacial score (nSPS) is 24.4. The third-order valence-corrected chi connectivity index (χ3v) is 1.90. The molecule has 0 radical (unpaired) electrons. The smallest absolute Gasteiger partial charge is 0.333 e. The van der Waals surface area contributed by atoms with E-state index in [0.717, 1.165) is 18.4 Å². The second-order valence-electron chi connectivity index (χ2n) is 3.00. The zero-order valence-electron chi connectivity index (χ0n) is 7.09. The van der Waals surface area contributed by atoms with Crippen LogP contribution >= 0.6 is 0 Å². The van der Waals surface area contributed by atoms with Crippen LogP contribution < -0.4 is 0 Å². The Labute approximate surface area is 67.2 Å². The lowest BCUT2D eigenvalue weighted by Crippen LogP contribution is -2.19. The molecule has 11 heavy (non-hydrogen) atoms. The molecule has 0 aromatic rings. The molecule has 0 aromatic carbocycles. The zero-order chi connectivity index (χ0) is 8.27. The summed E-state index contributed by atoms with van der Waals surface area (Å²) in [7, 11) is 0. The van der Waals surface area contributed by atoms with Crippen molar-refractivity contribution in [3.63, 3.8) is 0 Å². The number of carbonyl (C=O) groups is 1. The van der Waals surface area contributed by atoms with Gasteiger partial charge in [0, 0.05) is 11.5 Å². The lowest BCUT2D eigenvalue weighted by Gasteiger charge is -2.18. The summed E-state index contributed by atoms with van der Waals surface area (Å²) in [4.78, 5) is 10.9. The van der Waals surface area contributed by atoms with E-state index in [0.29, 0.717) is 12.5 Å². The Morgan fingerprint density at radius 3 is 3.00 bits per heavy atom. The first-order chi connectivity index (χ1) is 5.24. The van der Waals surface area contributed by atoms with Crippen LogP contribution in [0.5, 0.6) is 0 Å². The monoisotopic (exact) mass is 154 g/mol. The fourth-order valence-corrected chi connectivity index (χ4v) is 1.30. The minimum Gasteiger partial charge on any atom is -0.462 e. The Kier molecular flexibility index (Phi) is 2.69. The van der Waals surface area contributed by atoms with Crippen LogP contribution in [-0.2, 0) is 9.53 Å². The minimum absolute atomic E-state index is 0.155. The van der Waals surface area contributed by atoms with E-state index in [1.54, 1.807) is 0 Å². The van der Waals surface area contributed by atoms with Gasteiger partial charge in [-0.3, -0.25) is 0 Å². The molecule has 1 unspecified atom stereocenters. The van der Waals surface area contributed by atoms with Crippen molar-refractivity contribution >= 4 is 5.97 Å². The van der Waals surface area contributed by atoms with Gasteiger partial charge in [0.25, 0.3) is 0 Å². The van der Waals surface area contributed by atoms with Crippen LogP contribution in [-0.4, -0.2) is 12.6 Å². The first-order valence-electron chi connectivity index (χ1n) is 4.09. The zero-order valence-corrected chi connectivity index (χ0v) is 7.09. The summed E-state index contributed by atoms with van der Waals surface area (Å²) in [5, 5.41) is 0. The molecular formula is C9H14O2. The molecule has 1 rings (SSSR count). The van der Waals surface area contributed by atoms with E-state index in [-0.39, 0.29) is 5.97 Å². The predicted octanol–water partition coefficient (Wildman–Crippen LogP) is 1.91. The number of cyclic esters (lactones) is 1. The SMILES string of the molecule is CCCC1C=C(C)C(=O)OC1. The highest BCUT2D eigenvalue weighted by Gasteiger charge is 2.17. The average Bonchev–Trinajstić information content (AvgIpc) is 1.98. The Hall–Kier alpha value is -0.790. The van der Waals surface area contributed by atoms with Crippen molar-refractivity contribution in [3.05, 3.63) is 11.6 Å². The van der Waals surface area contributed by atoms with Crippen LogP contribution in [0.25, 0.3) is 0 Å². The summed E-state index contributed by atoms with van der Waals surface area (Å²) in [6.45, 7) is 4.52. The van der Waals surface area contributed by atoms with Gasteiger partial charge < -0.3 is 4.74 Å². The van der Waals surface area contributed by atoms with Crippen molar-refractivity contribution in [2.24, 2.45) is 5.92 Å². The molecule has 62 valence electrons. The number of carbonyl (C=O) groups excluding carboxylic acids is 1. The molecule has 1 aliphatic rings. The highest BCUT2D eigenvalue weighted by atomic mass is 16.5. The topological polar surface area (TPSA) is 26.3 Å². The van der Waals surface area contributed by atoms with Crippen molar-refractivity contribution in [3.8, 4) is 0 Å². The van der Waals surface area contributed by atoms with Gasteiger partial charge in [-0.1, -0.05) is 19.4 Å². The van der Waals surface area contributed by atoms with Gasteiger partial charge in [-0.15, -0.1) is 0 Å². The predicted molar refractivity (Wildman–Crippen MR) is 43.1 cm³/mol. The second kappa shape index (κ2) is 3.56. The number of esters is 1. The molecule has 2 heteroatoms. The molecule has 0 aromatic heterocycles. The molecule has 0 fully saturated rings. The highest BCUT2D eigenvalue weighted by molar-refractivity contribution is 5.88. The lowest BCUT2D eigenvalue weighted by molar-refractivity contribution is -0.141. The highest BCUT2D eigenvalue weighted by Crippen LogP contribution is 2.17. The van der Waals surface area contributed by atoms with E-state index in [1.165, 1.54) is 0 Å². The van der Waals surface area contributed by atoms with Crippen LogP contribution in [0.1, 0.15) is 26.7 Å². The van der Waals surface area contributed by atoms with Crippen molar-refractivity contribution in [2.45, 2.75) is 26.7 Å². The Morgan fingerprint density at radius 1 is 1.73 bits per heavy atom. The van der Waals surface area contributed by atoms with Gasteiger partial charge in [0.15, 0.2) is 0 Å². The Morgan fingerprint density at radius 2 is 2.45 bits per heavy atom. The molecule has 0 saturated heterocycles. The van der Waals surface area contributed by atoms with Gasteiger partial charge in [-0.05, 0) is 13.3 Å². The van der Waals surface area contributed by atoms with Gasteiger partial charge >= 0.3 is 5.97 Å². The minimum atomic E-state index is -0.155. The number of ether oxygens (including phenoxy) is 1. The first kappa shape index (κ1) is 8.31. The fraction of sp³-hybridized carbons (Fsp3) is 0.667. The van der Waals surface area contributed by atoms with Gasteiger partial charge in [-0.25, -0.2) is 4.79 Å². The Balaban J connectivity index is 2.54. The quantitative estimate of drug-likeness (QED) is 0.568. The Bertz CT molecular complexity index is 182. The summed E-state index contributed by atoms with van der Waals surface area (Å²) < 4.78 is 4.95. The number of rotatable bonds is 2. The third kappa shape index (κ3) is 2.07. The van der Waals surface area contributed by atoms with E-state index in [9.17, 15) is 4.79 Å². The van der Waals surface area contributed by atoms with Crippen molar-refractivity contribution in [1.29, 1.82) is 0 Å². The molecule has 0 bridgehead atoms. The van der Waals surface area contributed by atoms with Crippen LogP contribution in [0, 0.1) is 5.92 Å². The van der Waals surface area contributed by atoms with E-state index < -0.39 is 0 Å². The summed E-state index contributed by atoms with van der Waals surface area (Å²) in [6, 6.07) is 0. The maximum Gasteiger partial charge on any atom is 0.333 e. The average molecular weight is 154 g/mol. The summed E-state index contributed by atoms with van der Waals surface area (Å²) >= 11 is 0. The number of hydrogen-bond acceptors (Lipinski definition) is 2. The standard InChI is InChI=1S/C9H14O2/c1-3-4-8-5-7(2)9(10)11-6-8/h5,8H,3-4,6H2,1-2H3. The molecule has 0 N–H and O–H groups in total. The number of hydrogen-bond donors (Lipinski definition) is 0. The van der Waals surface area contributed by atoms with Crippen LogP contribution in [0.15, 0.2) is 11.6 Å². The molecule has 0 amide bonds. The molecular weight excluding hydrogens is 140 g/mol. The van der Waals surface area contributed by atoms with Crippen LogP contribution in [0.4, 0.5) is 0 Å². The molecule has 1 heterocycles. The summed E-state index contributed by atoms with van der Waals surface area (Å²) in [5.74, 6) is 0.301. The molecule has 1 aliphatic heterocycles. The largest absolute Gasteiger partial charge is 0.462 e. The molecule has 2 nitrogen and oxygen atoms in total. The molecule has 0 aliphatic carbocycles. The van der Waals surface area contributed by atoms with E-state index in [4.69, 9.17) is 4.74 Å². The summed E-state index contributed by atoms with van der Waals surface area (Å²) in [5.41, 5.74) is 0.759. The second-order valence-corrected chi connectivity index (χ2v) is 3.00. The summed E-state index contributed by atoms with van der Waals surface area (Å²) in [6.07, 6.45) is 4.28. The van der Waals surface area contributed by atoms with Gasteiger partial charge in [-0.2, -0.15) is 0 Å².